The highest BCUT2D eigenvalue weighted by Gasteiger charge is 2.45. The lowest BCUT2D eigenvalue weighted by atomic mass is 9.94. The molecule has 0 amide bonds. The van der Waals surface area contributed by atoms with E-state index in [1.165, 1.54) is 37.1 Å². The van der Waals surface area contributed by atoms with E-state index in [0.29, 0.717) is 5.92 Å². The van der Waals surface area contributed by atoms with Gasteiger partial charge < -0.3 is 9.88 Å². The largest absolute Gasteiger partial charge is 0.331 e. The summed E-state index contributed by atoms with van der Waals surface area (Å²) in [5.74, 6) is 0.508. The molecule has 0 aliphatic heterocycles. The van der Waals surface area contributed by atoms with Gasteiger partial charge in [0.2, 0.25) is 0 Å². The van der Waals surface area contributed by atoms with Crippen LogP contribution in [0.2, 0.25) is 0 Å². The Hall–Kier alpha value is -1.34. The first kappa shape index (κ1) is 11.7. The van der Waals surface area contributed by atoms with Gasteiger partial charge in [0.15, 0.2) is 0 Å². The van der Waals surface area contributed by atoms with Crippen molar-refractivity contribution >= 4 is 0 Å². The molecule has 1 N–H and O–H groups in total. The number of likely N-dealkylation sites (N-methyl/N-ethyl adjacent to an activating group) is 1. The number of aromatic nitrogens is 2. The van der Waals surface area contributed by atoms with Crippen LogP contribution in [-0.2, 0) is 19.4 Å². The van der Waals surface area contributed by atoms with Crippen LogP contribution in [0.25, 0.3) is 0 Å². The van der Waals surface area contributed by atoms with E-state index in [1.807, 2.05) is 13.4 Å². The fourth-order valence-electron chi connectivity index (χ4n) is 3.11. The van der Waals surface area contributed by atoms with Crippen LogP contribution in [-0.4, -0.2) is 22.1 Å². The number of rotatable bonds is 4. The Morgan fingerprint density at radius 2 is 2.28 bits per heavy atom. The predicted molar refractivity (Wildman–Crippen MR) is 69.0 cm³/mol. The summed E-state index contributed by atoms with van der Waals surface area (Å²) < 4.78 is 2.21. The molecular weight excluding hydrogens is 224 g/mol. The number of fused-ring (bicyclic) bond motifs is 1. The van der Waals surface area contributed by atoms with Gasteiger partial charge in [-0.1, -0.05) is 0 Å². The molecule has 0 radical (unpaired) electrons. The highest BCUT2D eigenvalue weighted by molar-refractivity contribution is 5.20. The summed E-state index contributed by atoms with van der Waals surface area (Å²) in [6.45, 7) is 0.743. The fraction of sp³-hybridized carbons (Fsp3) is 0.714. The molecule has 2 aliphatic rings. The fourth-order valence-corrected chi connectivity index (χ4v) is 3.11. The second kappa shape index (κ2) is 4.40. The molecular formula is C14H20N4. The van der Waals surface area contributed by atoms with E-state index in [0.717, 1.165) is 19.4 Å². The van der Waals surface area contributed by atoms with Crippen molar-refractivity contribution in [3.8, 4) is 6.07 Å². The van der Waals surface area contributed by atoms with E-state index in [9.17, 15) is 5.26 Å². The van der Waals surface area contributed by atoms with E-state index in [1.54, 1.807) is 0 Å². The Bertz CT molecular complexity index is 480. The molecule has 0 saturated heterocycles. The van der Waals surface area contributed by atoms with Crippen LogP contribution < -0.4 is 5.32 Å². The minimum Gasteiger partial charge on any atom is -0.331 e. The molecule has 4 heteroatoms. The Morgan fingerprint density at radius 1 is 1.50 bits per heavy atom. The zero-order valence-corrected chi connectivity index (χ0v) is 10.9. The Kier molecular flexibility index (Phi) is 2.87. The number of aryl methyl sites for hydroxylation is 1. The van der Waals surface area contributed by atoms with Crippen LogP contribution in [0.3, 0.4) is 0 Å². The first-order valence-corrected chi connectivity index (χ1v) is 6.92. The number of hydrogen-bond acceptors (Lipinski definition) is 3. The highest BCUT2D eigenvalue weighted by atomic mass is 15.1. The Labute approximate surface area is 108 Å². The van der Waals surface area contributed by atoms with E-state index in [2.05, 4.69) is 20.9 Å². The van der Waals surface area contributed by atoms with Crippen LogP contribution >= 0.6 is 0 Å². The molecule has 2 aliphatic carbocycles. The van der Waals surface area contributed by atoms with Gasteiger partial charge >= 0.3 is 0 Å². The summed E-state index contributed by atoms with van der Waals surface area (Å²) >= 11 is 0. The number of nitriles is 1. The van der Waals surface area contributed by atoms with Crippen molar-refractivity contribution in [2.24, 2.45) is 5.92 Å². The zero-order chi connectivity index (χ0) is 12.6. The van der Waals surface area contributed by atoms with Gasteiger partial charge in [-0.25, -0.2) is 4.98 Å². The Balaban J connectivity index is 1.87. The van der Waals surface area contributed by atoms with Gasteiger partial charge in [0.1, 0.15) is 5.54 Å². The maximum atomic E-state index is 9.54. The van der Waals surface area contributed by atoms with Crippen molar-refractivity contribution in [2.45, 2.75) is 50.6 Å². The van der Waals surface area contributed by atoms with Crippen molar-refractivity contribution in [2.75, 3.05) is 7.05 Å². The lowest BCUT2D eigenvalue weighted by molar-refractivity contribution is 0.335. The van der Waals surface area contributed by atoms with Crippen LogP contribution in [0.4, 0.5) is 0 Å². The standard InChI is InChI=1S/C14H20N4/c1-16-14(8-15,11-6-7-11)9-18-10-17-12-4-2-3-5-13(12)18/h10-11,16H,2-7,9H2,1H3. The molecule has 1 heterocycles. The van der Waals surface area contributed by atoms with Gasteiger partial charge in [-0.3, -0.25) is 0 Å². The summed E-state index contributed by atoms with van der Waals surface area (Å²) in [5.41, 5.74) is 2.21. The first-order valence-electron chi connectivity index (χ1n) is 6.92. The third kappa shape index (κ3) is 1.83. The van der Waals surface area contributed by atoms with Crippen LogP contribution in [0, 0.1) is 17.2 Å². The molecule has 96 valence electrons. The lowest BCUT2D eigenvalue weighted by Gasteiger charge is -2.28. The van der Waals surface area contributed by atoms with Crippen LogP contribution in [0.5, 0.6) is 0 Å². The van der Waals surface area contributed by atoms with Crippen LogP contribution in [0.1, 0.15) is 37.1 Å². The Morgan fingerprint density at radius 3 is 2.94 bits per heavy atom. The minimum atomic E-state index is -0.397. The average molecular weight is 244 g/mol. The molecule has 18 heavy (non-hydrogen) atoms. The maximum absolute atomic E-state index is 9.54. The summed E-state index contributed by atoms with van der Waals surface area (Å²) in [4.78, 5) is 4.51. The summed E-state index contributed by atoms with van der Waals surface area (Å²) in [7, 11) is 1.91. The smallest absolute Gasteiger partial charge is 0.127 e. The second-order valence-electron chi connectivity index (χ2n) is 5.58. The third-order valence-electron chi connectivity index (χ3n) is 4.45. The van der Waals surface area contributed by atoms with E-state index in [4.69, 9.17) is 0 Å². The molecule has 0 aromatic carbocycles. The molecule has 1 atom stereocenters. The molecule has 1 fully saturated rings. The van der Waals surface area contributed by atoms with Gasteiger partial charge in [0.05, 0.1) is 24.6 Å². The third-order valence-corrected chi connectivity index (χ3v) is 4.45. The van der Waals surface area contributed by atoms with Gasteiger partial charge in [-0.15, -0.1) is 0 Å². The summed E-state index contributed by atoms with van der Waals surface area (Å²) in [6.07, 6.45) is 9.00. The number of hydrogen-bond donors (Lipinski definition) is 1. The van der Waals surface area contributed by atoms with E-state index in [-0.39, 0.29) is 0 Å². The summed E-state index contributed by atoms with van der Waals surface area (Å²) in [6, 6.07) is 2.51. The highest BCUT2D eigenvalue weighted by Crippen LogP contribution is 2.40. The quantitative estimate of drug-likeness (QED) is 0.876. The number of nitrogens with one attached hydrogen (secondary N) is 1. The van der Waals surface area contributed by atoms with Gasteiger partial charge in [-0.2, -0.15) is 5.26 Å². The minimum absolute atomic E-state index is 0.397. The van der Waals surface area contributed by atoms with E-state index >= 15 is 0 Å². The number of imidazole rings is 1. The molecule has 1 saturated carbocycles. The van der Waals surface area contributed by atoms with Crippen molar-refractivity contribution in [3.05, 3.63) is 17.7 Å². The molecule has 1 unspecified atom stereocenters. The van der Waals surface area contributed by atoms with Gasteiger partial charge in [-0.05, 0) is 51.5 Å². The normalized spacial score (nSPS) is 22.0. The lowest BCUT2D eigenvalue weighted by Crippen LogP contribution is -2.47. The molecule has 1 aromatic heterocycles. The second-order valence-corrected chi connectivity index (χ2v) is 5.58. The van der Waals surface area contributed by atoms with E-state index < -0.39 is 5.54 Å². The van der Waals surface area contributed by atoms with Crippen molar-refractivity contribution in [3.63, 3.8) is 0 Å². The maximum Gasteiger partial charge on any atom is 0.127 e. The van der Waals surface area contributed by atoms with Crippen molar-refractivity contribution in [1.29, 1.82) is 5.26 Å². The SMILES string of the molecule is CNC(C#N)(Cn1cnc2c1CCCC2)C1CC1. The van der Waals surface area contributed by atoms with Crippen LogP contribution in [0.15, 0.2) is 6.33 Å². The van der Waals surface area contributed by atoms with Crippen molar-refractivity contribution < 1.29 is 0 Å². The molecule has 1 aromatic rings. The molecule has 0 bridgehead atoms. The zero-order valence-electron chi connectivity index (χ0n) is 10.9. The average Bonchev–Trinajstić information content (AvgIpc) is 3.20. The molecule has 4 nitrogen and oxygen atoms in total. The molecule has 0 spiro atoms. The number of nitrogens with zero attached hydrogens (tertiary/aromatic N) is 3. The monoisotopic (exact) mass is 244 g/mol. The van der Waals surface area contributed by atoms with Crippen molar-refractivity contribution in [1.82, 2.24) is 14.9 Å². The first-order chi connectivity index (χ1) is 8.79. The predicted octanol–water partition coefficient (Wildman–Crippen LogP) is 1.65. The van der Waals surface area contributed by atoms with Gasteiger partial charge in [0.25, 0.3) is 0 Å². The molecule has 3 rings (SSSR count). The summed E-state index contributed by atoms with van der Waals surface area (Å²) in [5, 5.41) is 12.8. The topological polar surface area (TPSA) is 53.6 Å². The van der Waals surface area contributed by atoms with Gasteiger partial charge in [0, 0.05) is 5.69 Å².